The van der Waals surface area contributed by atoms with Crippen LogP contribution in [0.15, 0.2) is 53.0 Å². The molecule has 0 spiro atoms. The van der Waals surface area contributed by atoms with Crippen LogP contribution in [0.3, 0.4) is 0 Å². The van der Waals surface area contributed by atoms with Gasteiger partial charge in [-0.25, -0.2) is 0 Å². The number of rotatable bonds is 3. The van der Waals surface area contributed by atoms with Crippen molar-refractivity contribution in [2.45, 2.75) is 18.0 Å². The van der Waals surface area contributed by atoms with Gasteiger partial charge in [-0.05, 0) is 41.8 Å². The first-order valence-corrected chi connectivity index (χ1v) is 7.15. The Kier molecular flexibility index (Phi) is 4.76. The van der Waals surface area contributed by atoms with Crippen LogP contribution in [0.4, 0.5) is 13.2 Å². The number of alkyl halides is 4. The second-order valence-electron chi connectivity index (χ2n) is 4.42. The van der Waals surface area contributed by atoms with Crippen molar-refractivity contribution in [3.63, 3.8) is 0 Å². The zero-order chi connectivity index (χ0) is 14.8. The van der Waals surface area contributed by atoms with E-state index in [0.717, 1.165) is 22.2 Å². The minimum absolute atomic E-state index is 0.349. The average molecular weight is 364 g/mol. The number of halogens is 5. The lowest BCUT2D eigenvalue weighted by Gasteiger charge is -2.12. The van der Waals surface area contributed by atoms with E-state index in [2.05, 4.69) is 15.9 Å². The summed E-state index contributed by atoms with van der Waals surface area (Å²) in [5.74, 6) is 0. The van der Waals surface area contributed by atoms with Crippen LogP contribution in [0, 0.1) is 0 Å². The van der Waals surface area contributed by atoms with E-state index in [9.17, 15) is 13.2 Å². The quantitative estimate of drug-likeness (QED) is 0.588. The molecule has 0 heterocycles. The monoisotopic (exact) mass is 362 g/mol. The predicted molar refractivity (Wildman–Crippen MR) is 77.9 cm³/mol. The maximum absolute atomic E-state index is 12.5. The molecular weight excluding hydrogens is 353 g/mol. The topological polar surface area (TPSA) is 0 Å². The highest BCUT2D eigenvalue weighted by Gasteiger charge is 2.30. The molecule has 2 rings (SSSR count). The summed E-state index contributed by atoms with van der Waals surface area (Å²) >= 11 is 9.60. The largest absolute Gasteiger partial charge is 0.416 e. The summed E-state index contributed by atoms with van der Waals surface area (Å²) in [6.45, 7) is 0. The number of benzene rings is 2. The molecule has 5 heteroatoms. The Morgan fingerprint density at radius 3 is 2.00 bits per heavy atom. The molecule has 0 aliphatic rings. The maximum Gasteiger partial charge on any atom is 0.416 e. The minimum atomic E-state index is -4.31. The van der Waals surface area contributed by atoms with Gasteiger partial charge in [0.1, 0.15) is 0 Å². The van der Waals surface area contributed by atoms with Gasteiger partial charge >= 0.3 is 6.18 Å². The van der Waals surface area contributed by atoms with Crippen LogP contribution in [0.5, 0.6) is 0 Å². The first kappa shape index (κ1) is 15.4. The molecule has 2 aromatic rings. The molecule has 1 atom stereocenters. The lowest BCUT2D eigenvalue weighted by atomic mass is 10.0. The molecule has 0 aliphatic heterocycles. The zero-order valence-corrected chi connectivity index (χ0v) is 12.6. The molecular formula is C15H11BrClF3. The van der Waals surface area contributed by atoms with Gasteiger partial charge in [-0.2, -0.15) is 13.2 Å². The van der Waals surface area contributed by atoms with Crippen molar-refractivity contribution in [3.05, 3.63) is 69.7 Å². The van der Waals surface area contributed by atoms with E-state index in [4.69, 9.17) is 11.6 Å². The van der Waals surface area contributed by atoms with Crippen LogP contribution in [-0.4, -0.2) is 0 Å². The molecule has 106 valence electrons. The highest BCUT2D eigenvalue weighted by Crippen LogP contribution is 2.32. The molecule has 1 unspecified atom stereocenters. The normalized spacial score (nSPS) is 13.2. The van der Waals surface area contributed by atoms with E-state index in [-0.39, 0.29) is 5.38 Å². The van der Waals surface area contributed by atoms with Crippen LogP contribution in [-0.2, 0) is 12.6 Å². The molecule has 0 saturated heterocycles. The van der Waals surface area contributed by atoms with Gasteiger partial charge in [0.05, 0.1) is 10.9 Å². The number of hydrogen-bond donors (Lipinski definition) is 0. The highest BCUT2D eigenvalue weighted by molar-refractivity contribution is 9.10. The Morgan fingerprint density at radius 2 is 1.50 bits per heavy atom. The van der Waals surface area contributed by atoms with Crippen molar-refractivity contribution in [2.24, 2.45) is 0 Å². The fourth-order valence-corrected chi connectivity index (χ4v) is 2.41. The Morgan fingerprint density at radius 1 is 0.950 bits per heavy atom. The van der Waals surface area contributed by atoms with Crippen molar-refractivity contribution < 1.29 is 13.2 Å². The van der Waals surface area contributed by atoms with Gasteiger partial charge in [0.2, 0.25) is 0 Å². The standard InChI is InChI=1S/C15H11BrClF3/c16-13-7-1-10(2-8-13)9-14(17)11-3-5-12(6-4-11)15(18,19)20/h1-8,14H,9H2. The Hall–Kier alpha value is -1.00. The van der Waals surface area contributed by atoms with Crippen LogP contribution < -0.4 is 0 Å². The van der Waals surface area contributed by atoms with Gasteiger partial charge in [0, 0.05) is 4.47 Å². The zero-order valence-electron chi connectivity index (χ0n) is 10.3. The molecule has 2 aromatic carbocycles. The molecule has 0 amide bonds. The summed E-state index contributed by atoms with van der Waals surface area (Å²) in [5.41, 5.74) is 1.06. The SMILES string of the molecule is FC(F)(F)c1ccc(C(Cl)Cc2ccc(Br)cc2)cc1. The summed E-state index contributed by atoms with van der Waals surface area (Å²) in [6.07, 6.45) is -3.74. The van der Waals surface area contributed by atoms with Gasteiger partial charge in [-0.15, -0.1) is 11.6 Å². The van der Waals surface area contributed by atoms with Crippen molar-refractivity contribution in [2.75, 3.05) is 0 Å². The average Bonchev–Trinajstić information content (AvgIpc) is 2.40. The Balaban J connectivity index is 2.09. The predicted octanol–water partition coefficient (Wildman–Crippen LogP) is 5.99. The third-order valence-electron chi connectivity index (χ3n) is 2.93. The van der Waals surface area contributed by atoms with Crippen LogP contribution in [0.2, 0.25) is 0 Å². The second-order valence-corrected chi connectivity index (χ2v) is 5.86. The molecule has 20 heavy (non-hydrogen) atoms. The molecule has 0 N–H and O–H groups in total. The third kappa shape index (κ3) is 4.00. The van der Waals surface area contributed by atoms with Crippen molar-refractivity contribution in [1.29, 1.82) is 0 Å². The minimum Gasteiger partial charge on any atom is -0.166 e. The first-order valence-electron chi connectivity index (χ1n) is 5.92. The summed E-state index contributed by atoms with van der Waals surface area (Å²) in [7, 11) is 0. The van der Waals surface area contributed by atoms with E-state index >= 15 is 0 Å². The number of hydrogen-bond acceptors (Lipinski definition) is 0. The second kappa shape index (κ2) is 6.19. The lowest BCUT2D eigenvalue weighted by Crippen LogP contribution is -2.05. The van der Waals surface area contributed by atoms with Gasteiger partial charge < -0.3 is 0 Å². The summed E-state index contributed by atoms with van der Waals surface area (Å²) < 4.78 is 38.4. The highest BCUT2D eigenvalue weighted by atomic mass is 79.9. The molecule has 0 nitrogen and oxygen atoms in total. The molecule has 0 fully saturated rings. The van der Waals surface area contributed by atoms with E-state index < -0.39 is 11.7 Å². The molecule has 0 saturated carbocycles. The Bertz CT molecular complexity index is 561. The van der Waals surface area contributed by atoms with Gasteiger partial charge in [-0.1, -0.05) is 40.2 Å². The van der Waals surface area contributed by atoms with E-state index in [1.807, 2.05) is 24.3 Å². The summed E-state index contributed by atoms with van der Waals surface area (Å²) in [6, 6.07) is 12.7. The molecule has 0 radical (unpaired) electrons. The third-order valence-corrected chi connectivity index (χ3v) is 3.86. The Labute approximate surface area is 128 Å². The molecule has 0 aliphatic carbocycles. The van der Waals surface area contributed by atoms with E-state index in [0.29, 0.717) is 12.0 Å². The van der Waals surface area contributed by atoms with Crippen molar-refractivity contribution in [3.8, 4) is 0 Å². The van der Waals surface area contributed by atoms with Crippen LogP contribution >= 0.6 is 27.5 Å². The summed E-state index contributed by atoms with van der Waals surface area (Å²) in [5, 5.41) is -0.349. The maximum atomic E-state index is 12.5. The fourth-order valence-electron chi connectivity index (χ4n) is 1.83. The molecule has 0 bridgehead atoms. The van der Waals surface area contributed by atoms with Gasteiger partial charge in [0.25, 0.3) is 0 Å². The van der Waals surface area contributed by atoms with Crippen LogP contribution in [0.25, 0.3) is 0 Å². The van der Waals surface area contributed by atoms with Gasteiger partial charge in [-0.3, -0.25) is 0 Å². The van der Waals surface area contributed by atoms with Gasteiger partial charge in [0.15, 0.2) is 0 Å². The smallest absolute Gasteiger partial charge is 0.166 e. The van der Waals surface area contributed by atoms with Crippen molar-refractivity contribution in [1.82, 2.24) is 0 Å². The van der Waals surface area contributed by atoms with E-state index in [1.165, 1.54) is 12.1 Å². The summed E-state index contributed by atoms with van der Waals surface area (Å²) in [4.78, 5) is 0. The fraction of sp³-hybridized carbons (Fsp3) is 0.200. The first-order chi connectivity index (χ1) is 9.36. The van der Waals surface area contributed by atoms with Crippen LogP contribution in [0.1, 0.15) is 22.1 Å². The molecule has 0 aromatic heterocycles. The van der Waals surface area contributed by atoms with E-state index in [1.54, 1.807) is 0 Å². The van der Waals surface area contributed by atoms with Crippen molar-refractivity contribution >= 4 is 27.5 Å². The lowest BCUT2D eigenvalue weighted by molar-refractivity contribution is -0.137.